The first-order valence-corrected chi connectivity index (χ1v) is 8.81. The molecule has 26 heavy (non-hydrogen) atoms. The molecule has 0 bridgehead atoms. The lowest BCUT2D eigenvalue weighted by atomic mass is 10.0. The van der Waals surface area contributed by atoms with Crippen LogP contribution in [0.4, 0.5) is 0 Å². The number of rotatable bonds is 4. The zero-order valence-corrected chi connectivity index (χ0v) is 14.9. The van der Waals surface area contributed by atoms with E-state index in [9.17, 15) is 9.59 Å². The Morgan fingerprint density at radius 2 is 1.88 bits per heavy atom. The number of carbonyl (C=O) groups excluding carboxylic acids is 2. The predicted molar refractivity (Wildman–Crippen MR) is 98.0 cm³/mol. The molecule has 2 amide bonds. The Morgan fingerprint density at radius 3 is 2.50 bits per heavy atom. The molecule has 0 unspecified atom stereocenters. The molecular weight excluding hydrogens is 330 g/mol. The SMILES string of the molecule is COc1ccc([C@H]2CCCCCN2C(=O)c2ccc(C(N)=O)cn2)cc1. The number of benzene rings is 1. The molecular formula is C20H23N3O3. The standard InChI is InChI=1S/C20H23N3O3/c1-26-16-9-6-14(7-10-16)18-5-3-2-4-12-23(18)20(25)17-11-8-15(13-22-17)19(21)24/h6-11,13,18H,2-5,12H2,1H3,(H2,21,24)/t18-/m1/s1. The van der Waals surface area contributed by atoms with Crippen LogP contribution in [0.3, 0.4) is 0 Å². The number of pyridine rings is 1. The first kappa shape index (κ1) is 17.9. The molecule has 0 spiro atoms. The van der Waals surface area contributed by atoms with Crippen molar-refractivity contribution in [1.82, 2.24) is 9.88 Å². The highest BCUT2D eigenvalue weighted by atomic mass is 16.5. The maximum Gasteiger partial charge on any atom is 0.272 e. The van der Waals surface area contributed by atoms with Gasteiger partial charge in [-0.05, 0) is 42.7 Å². The molecule has 1 saturated heterocycles. The average molecular weight is 353 g/mol. The molecule has 1 aliphatic heterocycles. The highest BCUT2D eigenvalue weighted by Gasteiger charge is 2.28. The van der Waals surface area contributed by atoms with Crippen LogP contribution in [0.1, 0.15) is 58.1 Å². The summed E-state index contributed by atoms with van der Waals surface area (Å²) in [4.78, 5) is 30.3. The topological polar surface area (TPSA) is 85.5 Å². The van der Waals surface area contributed by atoms with Crippen molar-refractivity contribution in [3.8, 4) is 5.75 Å². The minimum atomic E-state index is -0.553. The monoisotopic (exact) mass is 353 g/mol. The van der Waals surface area contributed by atoms with Crippen LogP contribution in [-0.4, -0.2) is 35.4 Å². The zero-order valence-electron chi connectivity index (χ0n) is 14.9. The van der Waals surface area contributed by atoms with Gasteiger partial charge in [-0.2, -0.15) is 0 Å². The number of ether oxygens (including phenoxy) is 1. The van der Waals surface area contributed by atoms with Crippen LogP contribution in [0.15, 0.2) is 42.6 Å². The summed E-state index contributed by atoms with van der Waals surface area (Å²) in [6.45, 7) is 0.689. The summed E-state index contributed by atoms with van der Waals surface area (Å²) in [5.41, 5.74) is 6.96. The van der Waals surface area contributed by atoms with Gasteiger partial charge in [0.15, 0.2) is 0 Å². The summed E-state index contributed by atoms with van der Waals surface area (Å²) in [5.74, 6) is 0.120. The number of likely N-dealkylation sites (tertiary alicyclic amines) is 1. The molecule has 0 saturated carbocycles. The van der Waals surface area contributed by atoms with E-state index in [2.05, 4.69) is 4.98 Å². The number of nitrogens with two attached hydrogens (primary N) is 1. The van der Waals surface area contributed by atoms with Crippen LogP contribution in [0.5, 0.6) is 5.75 Å². The molecule has 0 aliphatic carbocycles. The first-order chi connectivity index (χ1) is 12.6. The molecule has 1 aromatic heterocycles. The third kappa shape index (κ3) is 3.85. The van der Waals surface area contributed by atoms with Gasteiger partial charge in [-0.25, -0.2) is 0 Å². The predicted octanol–water partition coefficient (Wildman–Crippen LogP) is 2.95. The van der Waals surface area contributed by atoms with Crippen molar-refractivity contribution in [3.05, 3.63) is 59.4 Å². The van der Waals surface area contributed by atoms with E-state index in [-0.39, 0.29) is 11.9 Å². The van der Waals surface area contributed by atoms with Crippen LogP contribution in [0.2, 0.25) is 0 Å². The summed E-state index contributed by atoms with van der Waals surface area (Å²) in [7, 11) is 1.64. The van der Waals surface area contributed by atoms with Crippen molar-refractivity contribution >= 4 is 11.8 Å². The van der Waals surface area contributed by atoms with Crippen molar-refractivity contribution in [3.63, 3.8) is 0 Å². The third-order valence-corrected chi connectivity index (χ3v) is 4.78. The van der Waals surface area contributed by atoms with Crippen LogP contribution >= 0.6 is 0 Å². The molecule has 2 aromatic rings. The maximum absolute atomic E-state index is 13.1. The molecule has 136 valence electrons. The van der Waals surface area contributed by atoms with Crippen LogP contribution in [0, 0.1) is 0 Å². The molecule has 1 aliphatic rings. The fourth-order valence-corrected chi connectivity index (χ4v) is 3.34. The average Bonchev–Trinajstić information content (AvgIpc) is 2.93. The molecule has 3 rings (SSSR count). The van der Waals surface area contributed by atoms with Gasteiger partial charge in [0, 0.05) is 12.7 Å². The lowest BCUT2D eigenvalue weighted by molar-refractivity contribution is 0.0674. The van der Waals surface area contributed by atoms with E-state index in [1.54, 1.807) is 19.2 Å². The molecule has 1 aromatic carbocycles. The quantitative estimate of drug-likeness (QED) is 0.916. The number of amides is 2. The van der Waals surface area contributed by atoms with Gasteiger partial charge in [-0.15, -0.1) is 0 Å². The van der Waals surface area contributed by atoms with E-state index in [1.807, 2.05) is 29.2 Å². The van der Waals surface area contributed by atoms with E-state index < -0.39 is 5.91 Å². The van der Waals surface area contributed by atoms with Crippen molar-refractivity contribution in [2.75, 3.05) is 13.7 Å². The Balaban J connectivity index is 1.87. The van der Waals surface area contributed by atoms with E-state index in [1.165, 1.54) is 6.20 Å². The van der Waals surface area contributed by atoms with Gasteiger partial charge in [0.1, 0.15) is 11.4 Å². The lowest BCUT2D eigenvalue weighted by Crippen LogP contribution is -2.35. The fourth-order valence-electron chi connectivity index (χ4n) is 3.34. The number of methoxy groups -OCH3 is 1. The maximum atomic E-state index is 13.1. The Kier molecular flexibility index (Phi) is 5.51. The smallest absolute Gasteiger partial charge is 0.272 e. The zero-order chi connectivity index (χ0) is 18.5. The van der Waals surface area contributed by atoms with Crippen LogP contribution < -0.4 is 10.5 Å². The number of nitrogens with zero attached hydrogens (tertiary/aromatic N) is 2. The molecule has 6 heteroatoms. The van der Waals surface area contributed by atoms with Crippen molar-refractivity contribution in [2.45, 2.75) is 31.7 Å². The minimum absolute atomic E-state index is 0.00789. The summed E-state index contributed by atoms with van der Waals surface area (Å²) in [6.07, 6.45) is 5.42. The second kappa shape index (κ2) is 7.99. The largest absolute Gasteiger partial charge is 0.497 e. The van der Waals surface area contributed by atoms with E-state index in [0.717, 1.165) is 37.0 Å². The summed E-state index contributed by atoms with van der Waals surface area (Å²) in [5, 5.41) is 0. The lowest BCUT2D eigenvalue weighted by Gasteiger charge is -2.30. The molecule has 1 fully saturated rings. The normalized spacial score (nSPS) is 17.4. The van der Waals surface area contributed by atoms with Gasteiger partial charge in [-0.1, -0.05) is 25.0 Å². The molecule has 2 N–H and O–H groups in total. The Morgan fingerprint density at radius 1 is 1.12 bits per heavy atom. The van der Waals surface area contributed by atoms with Crippen LogP contribution in [0.25, 0.3) is 0 Å². The summed E-state index contributed by atoms with van der Waals surface area (Å²) >= 11 is 0. The fraction of sp³-hybridized carbons (Fsp3) is 0.350. The van der Waals surface area contributed by atoms with Crippen LogP contribution in [-0.2, 0) is 0 Å². The number of aromatic nitrogens is 1. The number of hydrogen-bond acceptors (Lipinski definition) is 4. The van der Waals surface area contributed by atoms with Gasteiger partial charge in [0.2, 0.25) is 5.91 Å². The second-order valence-electron chi connectivity index (χ2n) is 6.43. The molecule has 0 radical (unpaired) electrons. The first-order valence-electron chi connectivity index (χ1n) is 8.81. The van der Waals surface area contributed by atoms with Gasteiger partial charge < -0.3 is 15.4 Å². The van der Waals surface area contributed by atoms with Gasteiger partial charge in [-0.3, -0.25) is 14.6 Å². The molecule has 6 nitrogen and oxygen atoms in total. The number of carbonyl (C=O) groups is 2. The minimum Gasteiger partial charge on any atom is -0.497 e. The number of primary amides is 1. The Hall–Kier alpha value is -2.89. The highest BCUT2D eigenvalue weighted by molar-refractivity contribution is 5.95. The van der Waals surface area contributed by atoms with E-state index in [4.69, 9.17) is 10.5 Å². The van der Waals surface area contributed by atoms with Gasteiger partial charge in [0.05, 0.1) is 18.7 Å². The van der Waals surface area contributed by atoms with Gasteiger partial charge in [0.25, 0.3) is 5.91 Å². The molecule has 1 atom stereocenters. The molecule has 2 heterocycles. The Bertz CT molecular complexity index is 772. The van der Waals surface area contributed by atoms with Crippen molar-refractivity contribution < 1.29 is 14.3 Å². The Labute approximate surface area is 153 Å². The highest BCUT2D eigenvalue weighted by Crippen LogP contribution is 2.32. The van der Waals surface area contributed by atoms with E-state index in [0.29, 0.717) is 17.8 Å². The summed E-state index contributed by atoms with van der Waals surface area (Å²) < 4.78 is 5.23. The van der Waals surface area contributed by atoms with Crippen molar-refractivity contribution in [1.29, 1.82) is 0 Å². The third-order valence-electron chi connectivity index (χ3n) is 4.78. The second-order valence-corrected chi connectivity index (χ2v) is 6.43. The van der Waals surface area contributed by atoms with Gasteiger partial charge >= 0.3 is 0 Å². The summed E-state index contributed by atoms with van der Waals surface area (Å²) in [6, 6.07) is 11.0. The van der Waals surface area contributed by atoms with Crippen molar-refractivity contribution in [2.24, 2.45) is 5.73 Å². The number of hydrogen-bond donors (Lipinski definition) is 1. The van der Waals surface area contributed by atoms with E-state index >= 15 is 0 Å².